The van der Waals surface area contributed by atoms with Crippen molar-refractivity contribution in [1.29, 1.82) is 0 Å². The van der Waals surface area contributed by atoms with Crippen molar-refractivity contribution in [3.8, 4) is 12.3 Å². The van der Waals surface area contributed by atoms with E-state index in [1.807, 2.05) is 6.07 Å². The minimum Gasteiger partial charge on any atom is -0.473 e. The molecule has 6 nitrogen and oxygen atoms in total. The number of piperazine rings is 1. The summed E-state index contributed by atoms with van der Waals surface area (Å²) in [6.45, 7) is 5.61. The molecule has 1 heterocycles. The van der Waals surface area contributed by atoms with Gasteiger partial charge in [0.05, 0.1) is 5.69 Å². The van der Waals surface area contributed by atoms with E-state index in [9.17, 15) is 0 Å². The molecule has 0 unspecified atom stereocenters. The second-order valence-electron chi connectivity index (χ2n) is 7.39. The molecule has 1 saturated carbocycles. The van der Waals surface area contributed by atoms with Crippen molar-refractivity contribution in [3.05, 3.63) is 29.8 Å². The number of carbonyl (C=O) groups is 2. The van der Waals surface area contributed by atoms with Crippen LogP contribution in [0.25, 0.3) is 0 Å². The lowest BCUT2D eigenvalue weighted by molar-refractivity contribution is -0.159. The lowest BCUT2D eigenvalue weighted by atomic mass is 9.83. The molecular formula is C20H26N2O4. The summed E-state index contributed by atoms with van der Waals surface area (Å²) in [5, 5.41) is 18.6. The summed E-state index contributed by atoms with van der Waals surface area (Å²) in [6, 6.07) is 9.56. The number of nitrogens with one attached hydrogen (secondary N) is 1. The van der Waals surface area contributed by atoms with E-state index in [-0.39, 0.29) is 5.54 Å². The van der Waals surface area contributed by atoms with Crippen LogP contribution >= 0.6 is 0 Å². The second kappa shape index (κ2) is 8.24. The molecule has 3 N–H and O–H groups in total. The number of para-hydroxylation sites is 1. The third-order valence-electron chi connectivity index (χ3n) is 4.82. The monoisotopic (exact) mass is 358 g/mol. The normalized spacial score (nSPS) is 23.7. The Hall–Kier alpha value is -2.52. The summed E-state index contributed by atoms with van der Waals surface area (Å²) in [7, 11) is 0. The van der Waals surface area contributed by atoms with E-state index in [0.29, 0.717) is 12.1 Å². The molecule has 0 bridgehead atoms. The maximum atomic E-state index is 9.10. The van der Waals surface area contributed by atoms with Crippen LogP contribution in [0, 0.1) is 12.3 Å². The fraction of sp³-hybridized carbons (Fsp3) is 0.500. The standard InChI is InChI=1S/C18H24N2.C2H2O4/c1-4-14-9-5-7-11-16(14)20-13-18(2,3)19-15-10-6-8-12-17(15)20;3-1(4)2(5)6/h1,5,7,9,11,15,17,19H,6,8,10,12-13H2,2-3H3;(H,3,4)(H,5,6)/t15-,17-;/m0./s1. The number of terminal acetylenes is 1. The zero-order valence-electron chi connectivity index (χ0n) is 15.2. The van der Waals surface area contributed by atoms with Crippen LogP contribution < -0.4 is 10.2 Å². The van der Waals surface area contributed by atoms with Crippen molar-refractivity contribution in [3.63, 3.8) is 0 Å². The topological polar surface area (TPSA) is 89.9 Å². The fourth-order valence-corrected chi connectivity index (χ4v) is 3.85. The predicted molar refractivity (Wildman–Crippen MR) is 100 cm³/mol. The third kappa shape index (κ3) is 4.77. The summed E-state index contributed by atoms with van der Waals surface area (Å²) in [6.07, 6.45) is 10.9. The average Bonchev–Trinajstić information content (AvgIpc) is 2.60. The van der Waals surface area contributed by atoms with Gasteiger partial charge in [-0.15, -0.1) is 6.42 Å². The third-order valence-corrected chi connectivity index (χ3v) is 4.82. The highest BCUT2D eigenvalue weighted by Crippen LogP contribution is 2.34. The van der Waals surface area contributed by atoms with Crippen molar-refractivity contribution in [2.45, 2.75) is 57.2 Å². The molecule has 6 heteroatoms. The van der Waals surface area contributed by atoms with E-state index < -0.39 is 11.9 Å². The lowest BCUT2D eigenvalue weighted by Crippen LogP contribution is -2.67. The van der Waals surface area contributed by atoms with Gasteiger partial charge in [0.15, 0.2) is 0 Å². The Balaban J connectivity index is 0.000000352. The molecule has 0 radical (unpaired) electrons. The van der Waals surface area contributed by atoms with Gasteiger partial charge in [-0.25, -0.2) is 9.59 Å². The zero-order chi connectivity index (χ0) is 19.3. The number of hydrogen-bond donors (Lipinski definition) is 3. The highest BCUT2D eigenvalue weighted by molar-refractivity contribution is 6.27. The highest BCUT2D eigenvalue weighted by Gasteiger charge is 2.40. The summed E-state index contributed by atoms with van der Waals surface area (Å²) in [5.41, 5.74) is 2.40. The number of aliphatic carboxylic acids is 2. The molecule has 3 rings (SSSR count). The largest absolute Gasteiger partial charge is 0.473 e. The summed E-state index contributed by atoms with van der Waals surface area (Å²) >= 11 is 0. The molecule has 1 aromatic rings. The quantitative estimate of drug-likeness (QED) is 0.527. The predicted octanol–water partition coefficient (Wildman–Crippen LogP) is 2.32. The molecule has 26 heavy (non-hydrogen) atoms. The number of nitrogens with zero attached hydrogens (tertiary/aromatic N) is 1. The summed E-state index contributed by atoms with van der Waals surface area (Å²) < 4.78 is 0. The highest BCUT2D eigenvalue weighted by atomic mass is 16.4. The number of carboxylic acids is 2. The van der Waals surface area contributed by atoms with E-state index in [4.69, 9.17) is 26.2 Å². The van der Waals surface area contributed by atoms with E-state index >= 15 is 0 Å². The first-order valence-electron chi connectivity index (χ1n) is 8.81. The van der Waals surface area contributed by atoms with E-state index in [1.54, 1.807) is 0 Å². The zero-order valence-corrected chi connectivity index (χ0v) is 15.2. The van der Waals surface area contributed by atoms with Crippen molar-refractivity contribution in [2.24, 2.45) is 0 Å². The molecule has 0 aromatic heterocycles. The van der Waals surface area contributed by atoms with Crippen LogP contribution in [0.1, 0.15) is 45.1 Å². The van der Waals surface area contributed by atoms with Gasteiger partial charge >= 0.3 is 11.9 Å². The molecule has 1 aliphatic heterocycles. The molecule has 2 atom stereocenters. The molecule has 140 valence electrons. The summed E-state index contributed by atoms with van der Waals surface area (Å²) in [5.74, 6) is -0.794. The van der Waals surface area contributed by atoms with E-state index in [2.05, 4.69) is 48.2 Å². The van der Waals surface area contributed by atoms with Crippen molar-refractivity contribution in [2.75, 3.05) is 11.4 Å². The number of anilines is 1. The van der Waals surface area contributed by atoms with Gasteiger partial charge in [-0.05, 0) is 38.8 Å². The Morgan fingerprint density at radius 1 is 1.19 bits per heavy atom. The number of carboxylic acid groups (broad SMARTS) is 2. The van der Waals surface area contributed by atoms with Crippen LogP contribution in [-0.2, 0) is 9.59 Å². The molecule has 1 aromatic carbocycles. The summed E-state index contributed by atoms with van der Waals surface area (Å²) in [4.78, 5) is 20.8. The number of fused-ring (bicyclic) bond motifs is 1. The molecule has 2 aliphatic rings. The van der Waals surface area contributed by atoms with Gasteiger partial charge in [0.1, 0.15) is 0 Å². The Morgan fingerprint density at radius 2 is 1.81 bits per heavy atom. The Kier molecular flexibility index (Phi) is 6.27. The number of rotatable bonds is 1. The maximum Gasteiger partial charge on any atom is 0.414 e. The fourth-order valence-electron chi connectivity index (χ4n) is 3.85. The molecule has 2 fully saturated rings. The maximum absolute atomic E-state index is 9.10. The second-order valence-corrected chi connectivity index (χ2v) is 7.39. The van der Waals surface area contributed by atoms with Crippen LogP contribution in [0.5, 0.6) is 0 Å². The lowest BCUT2D eigenvalue weighted by Gasteiger charge is -2.52. The van der Waals surface area contributed by atoms with Gasteiger partial charge in [-0.3, -0.25) is 0 Å². The van der Waals surface area contributed by atoms with E-state index in [1.165, 1.54) is 31.4 Å². The van der Waals surface area contributed by atoms with Gasteiger partial charge in [0, 0.05) is 29.7 Å². The minimum atomic E-state index is -1.82. The Bertz CT molecular complexity index is 696. The molecule has 1 aliphatic carbocycles. The number of hydrogen-bond acceptors (Lipinski definition) is 4. The van der Waals surface area contributed by atoms with Crippen LogP contribution in [0.2, 0.25) is 0 Å². The van der Waals surface area contributed by atoms with E-state index in [0.717, 1.165) is 12.1 Å². The van der Waals surface area contributed by atoms with Gasteiger partial charge < -0.3 is 20.4 Å². The SMILES string of the molecule is C#Cc1ccccc1N1CC(C)(C)N[C@H]2CCCC[C@@H]21.O=C(O)C(=O)O. The Labute approximate surface area is 154 Å². The van der Waals surface area contributed by atoms with Crippen LogP contribution in [0.4, 0.5) is 5.69 Å². The van der Waals surface area contributed by atoms with Gasteiger partial charge in [-0.1, -0.05) is 30.9 Å². The molecule has 0 spiro atoms. The van der Waals surface area contributed by atoms with Crippen LogP contribution in [0.15, 0.2) is 24.3 Å². The first kappa shape index (κ1) is 19.8. The first-order valence-corrected chi connectivity index (χ1v) is 8.81. The molecule has 1 saturated heterocycles. The Morgan fingerprint density at radius 3 is 2.42 bits per heavy atom. The van der Waals surface area contributed by atoms with Crippen molar-refractivity contribution < 1.29 is 19.8 Å². The first-order chi connectivity index (χ1) is 12.2. The average molecular weight is 358 g/mol. The van der Waals surface area contributed by atoms with Gasteiger partial charge in [0.25, 0.3) is 0 Å². The number of benzene rings is 1. The smallest absolute Gasteiger partial charge is 0.414 e. The van der Waals surface area contributed by atoms with Crippen molar-refractivity contribution >= 4 is 17.6 Å². The van der Waals surface area contributed by atoms with Gasteiger partial charge in [-0.2, -0.15) is 0 Å². The van der Waals surface area contributed by atoms with Gasteiger partial charge in [0.2, 0.25) is 0 Å². The molecular weight excluding hydrogens is 332 g/mol. The minimum absolute atomic E-state index is 0.139. The van der Waals surface area contributed by atoms with Crippen LogP contribution in [0.3, 0.4) is 0 Å². The van der Waals surface area contributed by atoms with Crippen LogP contribution in [-0.4, -0.2) is 46.3 Å². The molecule has 0 amide bonds. The van der Waals surface area contributed by atoms with Crippen molar-refractivity contribution in [1.82, 2.24) is 5.32 Å².